The van der Waals surface area contributed by atoms with E-state index in [2.05, 4.69) is 36.1 Å². The first-order valence-electron chi connectivity index (χ1n) is 5.91. The summed E-state index contributed by atoms with van der Waals surface area (Å²) in [6.07, 6.45) is 0.371. The number of hydrogen-bond donors (Lipinski definition) is 1. The quantitative estimate of drug-likeness (QED) is 0.624. The molecule has 1 fully saturated rings. The molecule has 0 spiro atoms. The van der Waals surface area contributed by atoms with Crippen molar-refractivity contribution in [3.8, 4) is 0 Å². The number of hydrogen-bond acceptors (Lipinski definition) is 4. The van der Waals surface area contributed by atoms with Crippen LogP contribution in [0.2, 0.25) is 0 Å². The molecule has 1 atom stereocenters. The molecule has 90 valence electrons. The SMILES string of the molecule is CCN(C)CCNCC1CN(C)CCO1. The van der Waals surface area contributed by atoms with E-state index < -0.39 is 0 Å². The highest BCUT2D eigenvalue weighted by Crippen LogP contribution is 2.01. The van der Waals surface area contributed by atoms with Gasteiger partial charge in [0.2, 0.25) is 0 Å². The third-order valence-corrected chi connectivity index (χ3v) is 2.92. The van der Waals surface area contributed by atoms with Crippen LogP contribution >= 0.6 is 0 Å². The molecule has 1 aliphatic heterocycles. The Kier molecular flexibility index (Phi) is 6.17. The van der Waals surface area contributed by atoms with Gasteiger partial charge < -0.3 is 19.9 Å². The maximum absolute atomic E-state index is 5.66. The molecule has 0 aromatic rings. The zero-order valence-corrected chi connectivity index (χ0v) is 10.3. The Balaban J connectivity index is 1.99. The van der Waals surface area contributed by atoms with Gasteiger partial charge in [-0.3, -0.25) is 0 Å². The lowest BCUT2D eigenvalue weighted by molar-refractivity contribution is -0.0181. The van der Waals surface area contributed by atoms with Gasteiger partial charge in [0.15, 0.2) is 0 Å². The number of nitrogens with zero attached hydrogens (tertiary/aromatic N) is 2. The fraction of sp³-hybridized carbons (Fsp3) is 1.00. The predicted octanol–water partition coefficient (Wildman–Crippen LogP) is -0.142. The summed E-state index contributed by atoms with van der Waals surface area (Å²) < 4.78 is 5.66. The highest BCUT2D eigenvalue weighted by atomic mass is 16.5. The van der Waals surface area contributed by atoms with Gasteiger partial charge in [-0.1, -0.05) is 6.92 Å². The molecule has 1 aliphatic rings. The van der Waals surface area contributed by atoms with Gasteiger partial charge in [-0.15, -0.1) is 0 Å². The van der Waals surface area contributed by atoms with Crippen LogP contribution in [0.5, 0.6) is 0 Å². The summed E-state index contributed by atoms with van der Waals surface area (Å²) in [7, 11) is 4.30. The van der Waals surface area contributed by atoms with Gasteiger partial charge in [0.25, 0.3) is 0 Å². The van der Waals surface area contributed by atoms with Crippen LogP contribution in [0.15, 0.2) is 0 Å². The molecular weight excluding hydrogens is 190 g/mol. The summed E-state index contributed by atoms with van der Waals surface area (Å²) in [5, 5.41) is 3.45. The summed E-state index contributed by atoms with van der Waals surface area (Å²) in [6.45, 7) is 9.42. The van der Waals surface area contributed by atoms with Crippen LogP contribution < -0.4 is 5.32 Å². The van der Waals surface area contributed by atoms with Crippen molar-refractivity contribution in [2.45, 2.75) is 13.0 Å². The van der Waals surface area contributed by atoms with Crippen LogP contribution in [-0.2, 0) is 4.74 Å². The van der Waals surface area contributed by atoms with Gasteiger partial charge in [-0.05, 0) is 20.6 Å². The predicted molar refractivity (Wildman–Crippen MR) is 63.3 cm³/mol. The molecule has 0 bridgehead atoms. The fourth-order valence-corrected chi connectivity index (χ4v) is 1.68. The number of ether oxygens (including phenoxy) is 1. The molecule has 1 unspecified atom stereocenters. The van der Waals surface area contributed by atoms with Gasteiger partial charge in [0, 0.05) is 32.7 Å². The maximum Gasteiger partial charge on any atom is 0.0826 e. The minimum atomic E-state index is 0.371. The molecule has 4 nitrogen and oxygen atoms in total. The Morgan fingerprint density at radius 1 is 1.53 bits per heavy atom. The third kappa shape index (κ3) is 5.47. The van der Waals surface area contributed by atoms with E-state index in [1.54, 1.807) is 0 Å². The average Bonchev–Trinajstić information content (AvgIpc) is 2.24. The molecule has 1 rings (SSSR count). The highest BCUT2D eigenvalue weighted by molar-refractivity contribution is 4.71. The Labute approximate surface area is 93.6 Å². The van der Waals surface area contributed by atoms with Gasteiger partial charge in [0.1, 0.15) is 0 Å². The van der Waals surface area contributed by atoms with Crippen LogP contribution in [0.1, 0.15) is 6.92 Å². The van der Waals surface area contributed by atoms with E-state index in [0.29, 0.717) is 6.10 Å². The van der Waals surface area contributed by atoms with Crippen molar-refractivity contribution in [2.24, 2.45) is 0 Å². The normalized spacial score (nSPS) is 23.6. The van der Waals surface area contributed by atoms with Crippen LogP contribution in [0.4, 0.5) is 0 Å². The summed E-state index contributed by atoms with van der Waals surface area (Å²) >= 11 is 0. The van der Waals surface area contributed by atoms with Crippen LogP contribution in [0.3, 0.4) is 0 Å². The molecule has 1 heterocycles. The number of nitrogens with one attached hydrogen (secondary N) is 1. The first-order valence-corrected chi connectivity index (χ1v) is 5.91. The van der Waals surface area contributed by atoms with E-state index in [1.165, 1.54) is 0 Å². The second-order valence-corrected chi connectivity index (χ2v) is 4.36. The van der Waals surface area contributed by atoms with Crippen molar-refractivity contribution in [1.29, 1.82) is 0 Å². The smallest absolute Gasteiger partial charge is 0.0826 e. The standard InChI is InChI=1S/C11H25N3O/c1-4-13(2)6-5-12-9-11-10-14(3)7-8-15-11/h11-12H,4-10H2,1-3H3. The molecule has 0 saturated carbocycles. The Morgan fingerprint density at radius 3 is 3.00 bits per heavy atom. The monoisotopic (exact) mass is 215 g/mol. The van der Waals surface area contributed by atoms with E-state index >= 15 is 0 Å². The van der Waals surface area contributed by atoms with E-state index in [1.807, 2.05) is 0 Å². The van der Waals surface area contributed by atoms with Gasteiger partial charge in [-0.2, -0.15) is 0 Å². The van der Waals surface area contributed by atoms with E-state index in [0.717, 1.165) is 45.9 Å². The maximum atomic E-state index is 5.66. The Morgan fingerprint density at radius 2 is 2.33 bits per heavy atom. The largest absolute Gasteiger partial charge is 0.374 e. The lowest BCUT2D eigenvalue weighted by Crippen LogP contribution is -2.45. The molecule has 1 saturated heterocycles. The topological polar surface area (TPSA) is 27.7 Å². The zero-order valence-electron chi connectivity index (χ0n) is 10.3. The van der Waals surface area contributed by atoms with E-state index in [9.17, 15) is 0 Å². The molecular formula is C11H25N3O. The summed E-state index contributed by atoms with van der Waals surface area (Å²) in [5.74, 6) is 0. The molecule has 0 amide bonds. The molecule has 0 radical (unpaired) electrons. The molecule has 15 heavy (non-hydrogen) atoms. The second kappa shape index (κ2) is 7.17. The summed E-state index contributed by atoms with van der Waals surface area (Å²) in [4.78, 5) is 4.63. The van der Waals surface area contributed by atoms with Crippen molar-refractivity contribution >= 4 is 0 Å². The molecule has 1 N–H and O–H groups in total. The first kappa shape index (κ1) is 12.9. The molecule has 4 heteroatoms. The number of morpholine rings is 1. The Bertz CT molecular complexity index is 166. The average molecular weight is 215 g/mol. The van der Waals surface area contributed by atoms with Crippen LogP contribution in [-0.4, -0.2) is 75.9 Å². The highest BCUT2D eigenvalue weighted by Gasteiger charge is 2.16. The summed E-state index contributed by atoms with van der Waals surface area (Å²) in [6, 6.07) is 0. The lowest BCUT2D eigenvalue weighted by Gasteiger charge is -2.30. The fourth-order valence-electron chi connectivity index (χ4n) is 1.68. The number of likely N-dealkylation sites (N-methyl/N-ethyl adjacent to an activating group) is 2. The summed E-state index contributed by atoms with van der Waals surface area (Å²) in [5.41, 5.74) is 0. The van der Waals surface area contributed by atoms with Crippen molar-refractivity contribution in [1.82, 2.24) is 15.1 Å². The van der Waals surface area contributed by atoms with E-state index in [-0.39, 0.29) is 0 Å². The molecule has 0 aliphatic carbocycles. The Hall–Kier alpha value is -0.160. The zero-order chi connectivity index (χ0) is 11.1. The van der Waals surface area contributed by atoms with Crippen molar-refractivity contribution in [2.75, 3.05) is 60.0 Å². The van der Waals surface area contributed by atoms with Crippen molar-refractivity contribution < 1.29 is 4.74 Å². The molecule has 0 aromatic heterocycles. The van der Waals surface area contributed by atoms with Gasteiger partial charge in [0.05, 0.1) is 12.7 Å². The minimum absolute atomic E-state index is 0.371. The minimum Gasteiger partial charge on any atom is -0.374 e. The van der Waals surface area contributed by atoms with Gasteiger partial charge >= 0.3 is 0 Å². The van der Waals surface area contributed by atoms with Crippen molar-refractivity contribution in [3.63, 3.8) is 0 Å². The third-order valence-electron chi connectivity index (χ3n) is 2.92. The van der Waals surface area contributed by atoms with Crippen molar-refractivity contribution in [3.05, 3.63) is 0 Å². The van der Waals surface area contributed by atoms with Gasteiger partial charge in [-0.25, -0.2) is 0 Å². The first-order chi connectivity index (χ1) is 7.22. The number of rotatable bonds is 6. The van der Waals surface area contributed by atoms with Crippen LogP contribution in [0.25, 0.3) is 0 Å². The second-order valence-electron chi connectivity index (χ2n) is 4.36. The van der Waals surface area contributed by atoms with Crippen LogP contribution in [0, 0.1) is 0 Å². The van der Waals surface area contributed by atoms with E-state index in [4.69, 9.17) is 4.74 Å². The molecule has 0 aromatic carbocycles. The lowest BCUT2D eigenvalue weighted by atomic mass is 10.3.